The number of carbonyl (C=O) groups excluding carboxylic acids is 1. The van der Waals surface area contributed by atoms with Crippen molar-refractivity contribution >= 4 is 34.6 Å². The number of nitrogen functional groups attached to an aromatic ring is 1. The number of guanidine groups is 1. The molecule has 0 saturated carbocycles. The Labute approximate surface area is 132 Å². The Morgan fingerprint density at radius 1 is 1.13 bits per heavy atom. The summed E-state index contributed by atoms with van der Waals surface area (Å²) < 4.78 is 0. The second-order valence-corrected chi connectivity index (χ2v) is 4.93. The Morgan fingerprint density at radius 2 is 1.96 bits per heavy atom. The van der Waals surface area contributed by atoms with Gasteiger partial charge in [-0.3, -0.25) is 10.1 Å². The molecule has 0 bridgehead atoms. The number of hydrogen-bond acceptors (Lipinski definition) is 4. The maximum Gasteiger partial charge on any atom is 0.213 e. The molecule has 0 atom stereocenters. The van der Waals surface area contributed by atoms with Crippen LogP contribution in [-0.2, 0) is 4.79 Å². The molecule has 3 aromatic rings. The highest BCUT2D eigenvalue weighted by Gasteiger charge is 2.08. The summed E-state index contributed by atoms with van der Waals surface area (Å²) >= 11 is 0. The Balaban J connectivity index is 2.21. The molecule has 23 heavy (non-hydrogen) atoms. The van der Waals surface area contributed by atoms with E-state index in [1.54, 1.807) is 0 Å². The fourth-order valence-electron chi connectivity index (χ4n) is 2.32. The first-order valence-electron chi connectivity index (χ1n) is 6.97. The molecule has 6 heteroatoms. The van der Waals surface area contributed by atoms with Crippen LogP contribution in [0, 0.1) is 0 Å². The quantitative estimate of drug-likeness (QED) is 0.298. The number of anilines is 1. The monoisotopic (exact) mass is 305 g/mol. The molecule has 1 heterocycles. The third-order valence-corrected chi connectivity index (χ3v) is 3.32. The molecule has 114 valence electrons. The number of rotatable bonds is 3. The van der Waals surface area contributed by atoms with Crippen LogP contribution in [0.2, 0.25) is 0 Å². The van der Waals surface area contributed by atoms with Crippen molar-refractivity contribution in [3.8, 4) is 11.3 Å². The highest BCUT2D eigenvalue weighted by Crippen LogP contribution is 2.30. The van der Waals surface area contributed by atoms with Crippen molar-refractivity contribution in [2.75, 3.05) is 5.73 Å². The number of pyridine rings is 1. The van der Waals surface area contributed by atoms with Gasteiger partial charge in [-0.2, -0.15) is 0 Å². The molecule has 0 saturated heterocycles. The molecule has 0 fully saturated rings. The van der Waals surface area contributed by atoms with Crippen LogP contribution in [0.3, 0.4) is 0 Å². The van der Waals surface area contributed by atoms with Crippen LogP contribution in [-0.4, -0.2) is 17.4 Å². The summed E-state index contributed by atoms with van der Waals surface area (Å²) in [5.41, 5.74) is 15.2. The Bertz CT molecular complexity index is 904. The van der Waals surface area contributed by atoms with Crippen molar-refractivity contribution in [2.24, 2.45) is 10.7 Å². The van der Waals surface area contributed by atoms with E-state index in [2.05, 4.69) is 15.3 Å². The van der Waals surface area contributed by atoms with Crippen molar-refractivity contribution in [1.82, 2.24) is 10.3 Å². The van der Waals surface area contributed by atoms with Gasteiger partial charge in [0.15, 0.2) is 5.96 Å². The topological polar surface area (TPSA) is 106 Å². The van der Waals surface area contributed by atoms with E-state index in [4.69, 9.17) is 11.5 Å². The molecule has 3 rings (SSSR count). The SMILES string of the molecule is NC(=Nc1cc(-c2cccc(N)c2)nc2ccccc12)NC=O. The van der Waals surface area contributed by atoms with Gasteiger partial charge in [0.05, 0.1) is 16.9 Å². The number of nitrogens with one attached hydrogen (secondary N) is 1. The molecule has 1 aromatic heterocycles. The van der Waals surface area contributed by atoms with E-state index < -0.39 is 0 Å². The minimum absolute atomic E-state index is 0.0230. The maximum atomic E-state index is 10.5. The lowest BCUT2D eigenvalue weighted by molar-refractivity contribution is -0.108. The molecule has 6 nitrogen and oxygen atoms in total. The molecular weight excluding hydrogens is 290 g/mol. The third kappa shape index (κ3) is 3.11. The average molecular weight is 305 g/mol. The summed E-state index contributed by atoms with van der Waals surface area (Å²) in [5.74, 6) is 0.0230. The van der Waals surface area contributed by atoms with Gasteiger partial charge < -0.3 is 11.5 Å². The van der Waals surface area contributed by atoms with Crippen LogP contribution in [0.15, 0.2) is 59.6 Å². The highest BCUT2D eigenvalue weighted by molar-refractivity contribution is 5.97. The normalized spacial score (nSPS) is 11.4. The Kier molecular flexibility index (Phi) is 3.88. The van der Waals surface area contributed by atoms with E-state index in [0.717, 1.165) is 22.2 Å². The van der Waals surface area contributed by atoms with E-state index in [-0.39, 0.29) is 5.96 Å². The first-order chi connectivity index (χ1) is 11.2. The van der Waals surface area contributed by atoms with E-state index in [1.807, 2.05) is 54.6 Å². The zero-order chi connectivity index (χ0) is 16.2. The number of nitrogens with zero attached hydrogens (tertiary/aromatic N) is 2. The van der Waals surface area contributed by atoms with Crippen molar-refractivity contribution in [3.05, 3.63) is 54.6 Å². The maximum absolute atomic E-state index is 10.5. The summed E-state index contributed by atoms with van der Waals surface area (Å²) in [6.45, 7) is 0. The third-order valence-electron chi connectivity index (χ3n) is 3.32. The lowest BCUT2D eigenvalue weighted by Crippen LogP contribution is -2.29. The fourth-order valence-corrected chi connectivity index (χ4v) is 2.32. The van der Waals surface area contributed by atoms with Crippen LogP contribution < -0.4 is 16.8 Å². The average Bonchev–Trinajstić information content (AvgIpc) is 2.55. The summed E-state index contributed by atoms with van der Waals surface area (Å²) in [6, 6.07) is 16.9. The number of para-hydroxylation sites is 1. The molecule has 1 amide bonds. The number of fused-ring (bicyclic) bond motifs is 1. The second-order valence-electron chi connectivity index (χ2n) is 4.93. The molecule has 2 aromatic carbocycles. The van der Waals surface area contributed by atoms with Crippen LogP contribution in [0.4, 0.5) is 11.4 Å². The smallest absolute Gasteiger partial charge is 0.213 e. The van der Waals surface area contributed by atoms with Gasteiger partial charge >= 0.3 is 0 Å². The van der Waals surface area contributed by atoms with Gasteiger partial charge in [0, 0.05) is 16.6 Å². The molecule has 0 spiro atoms. The van der Waals surface area contributed by atoms with Crippen molar-refractivity contribution in [3.63, 3.8) is 0 Å². The number of aromatic nitrogens is 1. The molecule has 5 N–H and O–H groups in total. The summed E-state index contributed by atoms with van der Waals surface area (Å²) in [4.78, 5) is 19.4. The molecule has 0 aliphatic carbocycles. The van der Waals surface area contributed by atoms with Crippen molar-refractivity contribution in [1.29, 1.82) is 0 Å². The largest absolute Gasteiger partial charge is 0.399 e. The van der Waals surface area contributed by atoms with E-state index >= 15 is 0 Å². The zero-order valence-electron chi connectivity index (χ0n) is 12.2. The van der Waals surface area contributed by atoms with Crippen molar-refractivity contribution < 1.29 is 4.79 Å². The number of benzene rings is 2. The van der Waals surface area contributed by atoms with E-state index in [0.29, 0.717) is 17.8 Å². The Morgan fingerprint density at radius 3 is 2.74 bits per heavy atom. The van der Waals surface area contributed by atoms with Crippen LogP contribution in [0.1, 0.15) is 0 Å². The first-order valence-corrected chi connectivity index (χ1v) is 6.97. The zero-order valence-corrected chi connectivity index (χ0v) is 12.2. The van der Waals surface area contributed by atoms with E-state index in [9.17, 15) is 4.79 Å². The predicted molar refractivity (Wildman–Crippen MR) is 92.1 cm³/mol. The summed E-state index contributed by atoms with van der Waals surface area (Å²) in [5, 5.41) is 3.18. The van der Waals surface area contributed by atoms with Gasteiger partial charge in [-0.1, -0.05) is 30.3 Å². The molecule has 0 unspecified atom stereocenters. The molecular formula is C17H15N5O. The van der Waals surface area contributed by atoms with Gasteiger partial charge in [0.25, 0.3) is 0 Å². The number of hydrogen-bond donors (Lipinski definition) is 3. The number of nitrogens with two attached hydrogens (primary N) is 2. The van der Waals surface area contributed by atoms with Crippen molar-refractivity contribution in [2.45, 2.75) is 0 Å². The first kappa shape index (κ1) is 14.5. The highest BCUT2D eigenvalue weighted by atomic mass is 16.1. The Hall–Kier alpha value is -3.41. The van der Waals surface area contributed by atoms with Crippen LogP contribution in [0.25, 0.3) is 22.2 Å². The van der Waals surface area contributed by atoms with Crippen LogP contribution >= 0.6 is 0 Å². The van der Waals surface area contributed by atoms with Gasteiger partial charge in [0.1, 0.15) is 0 Å². The predicted octanol–water partition coefficient (Wildman–Crippen LogP) is 2.18. The minimum atomic E-state index is 0.0230. The summed E-state index contributed by atoms with van der Waals surface area (Å²) in [6.07, 6.45) is 0.487. The van der Waals surface area contributed by atoms with E-state index in [1.165, 1.54) is 0 Å². The molecule has 0 radical (unpaired) electrons. The minimum Gasteiger partial charge on any atom is -0.399 e. The fraction of sp³-hybridized carbons (Fsp3) is 0. The lowest BCUT2D eigenvalue weighted by atomic mass is 10.1. The lowest BCUT2D eigenvalue weighted by Gasteiger charge is -2.08. The van der Waals surface area contributed by atoms with Gasteiger partial charge in [-0.05, 0) is 24.3 Å². The van der Waals surface area contributed by atoms with Gasteiger partial charge in [-0.25, -0.2) is 9.98 Å². The standard InChI is InChI=1S/C17H15N5O/c18-12-5-3-4-11(8-12)15-9-16(22-17(19)20-10-23)13-6-1-2-7-14(13)21-15/h1-10H,18H2,(H3,19,20,21,22,23). The number of aliphatic imine (C=N–C) groups is 1. The number of amides is 1. The molecule has 0 aliphatic rings. The molecule has 0 aliphatic heterocycles. The number of carbonyl (C=O) groups is 1. The van der Waals surface area contributed by atoms with Crippen LogP contribution in [0.5, 0.6) is 0 Å². The van der Waals surface area contributed by atoms with Gasteiger partial charge in [0.2, 0.25) is 6.41 Å². The van der Waals surface area contributed by atoms with Gasteiger partial charge in [-0.15, -0.1) is 0 Å². The summed E-state index contributed by atoms with van der Waals surface area (Å²) in [7, 11) is 0. The second kappa shape index (κ2) is 6.15.